The molecular formula is C22H21N3O3. The van der Waals surface area contributed by atoms with Crippen molar-refractivity contribution in [2.45, 2.75) is 19.4 Å². The van der Waals surface area contributed by atoms with Gasteiger partial charge in [0.2, 0.25) is 0 Å². The summed E-state index contributed by atoms with van der Waals surface area (Å²) in [4.78, 5) is 31.4. The summed E-state index contributed by atoms with van der Waals surface area (Å²) in [5.74, 6) is -0.824. The number of hydrogen-bond donors (Lipinski definition) is 3. The van der Waals surface area contributed by atoms with Gasteiger partial charge in [-0.2, -0.15) is 0 Å². The molecule has 4 rings (SSSR count). The van der Waals surface area contributed by atoms with Crippen molar-refractivity contribution < 1.29 is 14.3 Å². The predicted molar refractivity (Wildman–Crippen MR) is 108 cm³/mol. The number of ether oxygens (including phenoxy) is 1. The number of para-hydroxylation sites is 1. The van der Waals surface area contributed by atoms with Crippen LogP contribution in [-0.4, -0.2) is 35.0 Å². The number of amides is 1. The molecule has 2 aromatic carbocycles. The number of fused-ring (bicyclic) bond motifs is 2. The number of esters is 1. The highest BCUT2D eigenvalue weighted by atomic mass is 16.5. The van der Waals surface area contributed by atoms with Crippen molar-refractivity contribution >= 4 is 33.7 Å². The number of aromatic amines is 2. The van der Waals surface area contributed by atoms with Gasteiger partial charge in [0.25, 0.3) is 5.91 Å². The van der Waals surface area contributed by atoms with E-state index in [1.807, 2.05) is 55.6 Å². The fraction of sp³-hybridized carbons (Fsp3) is 0.182. The van der Waals surface area contributed by atoms with Crippen LogP contribution in [0.15, 0.2) is 54.7 Å². The molecule has 0 bridgehead atoms. The molecule has 6 nitrogen and oxygen atoms in total. The Hall–Kier alpha value is -3.54. The summed E-state index contributed by atoms with van der Waals surface area (Å²) >= 11 is 0. The second-order valence-electron chi connectivity index (χ2n) is 6.89. The molecule has 0 saturated carbocycles. The van der Waals surface area contributed by atoms with Gasteiger partial charge in [0.1, 0.15) is 11.7 Å². The molecule has 2 aromatic heterocycles. The van der Waals surface area contributed by atoms with Gasteiger partial charge in [-0.25, -0.2) is 4.79 Å². The smallest absolute Gasteiger partial charge is 0.328 e. The van der Waals surface area contributed by atoms with Gasteiger partial charge >= 0.3 is 5.97 Å². The van der Waals surface area contributed by atoms with Crippen molar-refractivity contribution in [1.29, 1.82) is 0 Å². The minimum atomic E-state index is -0.787. The zero-order chi connectivity index (χ0) is 19.7. The first-order valence-corrected chi connectivity index (χ1v) is 9.08. The van der Waals surface area contributed by atoms with E-state index in [-0.39, 0.29) is 5.91 Å². The summed E-state index contributed by atoms with van der Waals surface area (Å²) in [5.41, 5.74) is 4.33. The van der Waals surface area contributed by atoms with Crippen LogP contribution in [0.25, 0.3) is 21.8 Å². The van der Waals surface area contributed by atoms with Crippen LogP contribution in [0, 0.1) is 6.92 Å². The Morgan fingerprint density at radius 1 is 1.11 bits per heavy atom. The number of aromatic nitrogens is 2. The summed E-state index contributed by atoms with van der Waals surface area (Å²) < 4.78 is 4.91. The minimum absolute atomic E-state index is 0.335. The Bertz CT molecular complexity index is 1170. The van der Waals surface area contributed by atoms with Crippen LogP contribution in [0.1, 0.15) is 21.6 Å². The Balaban J connectivity index is 1.58. The van der Waals surface area contributed by atoms with Crippen LogP contribution in [0.5, 0.6) is 0 Å². The SMILES string of the molecule is COC(=O)C(Cc1c[nH]c2ccccc12)NC(=O)c1cc2ccc(C)cc2[nH]1. The van der Waals surface area contributed by atoms with E-state index in [0.717, 1.165) is 32.9 Å². The van der Waals surface area contributed by atoms with E-state index in [2.05, 4.69) is 15.3 Å². The van der Waals surface area contributed by atoms with E-state index in [1.165, 1.54) is 7.11 Å². The number of rotatable bonds is 5. The number of carbonyl (C=O) groups excluding carboxylic acids is 2. The molecule has 0 fully saturated rings. The zero-order valence-electron chi connectivity index (χ0n) is 15.7. The van der Waals surface area contributed by atoms with Gasteiger partial charge in [0.05, 0.1) is 7.11 Å². The third-order valence-corrected chi connectivity index (χ3v) is 4.91. The first-order valence-electron chi connectivity index (χ1n) is 9.08. The first-order chi connectivity index (χ1) is 13.5. The first kappa shape index (κ1) is 17.9. The van der Waals surface area contributed by atoms with Crippen LogP contribution in [-0.2, 0) is 16.0 Å². The van der Waals surface area contributed by atoms with E-state index >= 15 is 0 Å². The number of hydrogen-bond acceptors (Lipinski definition) is 3. The maximum absolute atomic E-state index is 12.8. The summed E-state index contributed by atoms with van der Waals surface area (Å²) in [7, 11) is 1.32. The molecule has 1 unspecified atom stereocenters. The molecule has 2 heterocycles. The van der Waals surface area contributed by atoms with Crippen LogP contribution in [0.3, 0.4) is 0 Å². The van der Waals surface area contributed by atoms with Crippen molar-refractivity contribution in [3.63, 3.8) is 0 Å². The van der Waals surface area contributed by atoms with E-state index in [1.54, 1.807) is 6.07 Å². The third-order valence-electron chi connectivity index (χ3n) is 4.91. The maximum Gasteiger partial charge on any atom is 0.328 e. The standard InChI is InChI=1S/C22H21N3O3/c1-13-7-8-14-10-19(24-18(14)9-13)21(26)25-20(22(27)28-2)11-15-12-23-17-6-4-3-5-16(15)17/h3-10,12,20,23-24H,11H2,1-2H3,(H,25,26). The lowest BCUT2D eigenvalue weighted by Gasteiger charge is -2.16. The molecule has 3 N–H and O–H groups in total. The largest absolute Gasteiger partial charge is 0.467 e. The Morgan fingerprint density at radius 3 is 2.75 bits per heavy atom. The molecule has 28 heavy (non-hydrogen) atoms. The maximum atomic E-state index is 12.8. The van der Waals surface area contributed by atoms with Crippen LogP contribution < -0.4 is 5.32 Å². The fourth-order valence-electron chi connectivity index (χ4n) is 3.46. The van der Waals surface area contributed by atoms with Gasteiger partial charge in [-0.05, 0) is 36.2 Å². The van der Waals surface area contributed by atoms with E-state index in [9.17, 15) is 9.59 Å². The highest BCUT2D eigenvalue weighted by Crippen LogP contribution is 2.20. The van der Waals surface area contributed by atoms with Crippen molar-refractivity contribution in [2.24, 2.45) is 0 Å². The number of methoxy groups -OCH3 is 1. The Labute approximate surface area is 161 Å². The number of benzene rings is 2. The Kier molecular flexibility index (Phi) is 4.61. The Morgan fingerprint density at radius 2 is 1.93 bits per heavy atom. The van der Waals surface area contributed by atoms with Crippen LogP contribution in [0.4, 0.5) is 0 Å². The molecular weight excluding hydrogens is 354 g/mol. The molecule has 142 valence electrons. The van der Waals surface area contributed by atoms with E-state index in [4.69, 9.17) is 4.74 Å². The quantitative estimate of drug-likeness (QED) is 0.467. The lowest BCUT2D eigenvalue weighted by molar-refractivity contribution is -0.142. The summed E-state index contributed by atoms with van der Waals surface area (Å²) in [6, 6.07) is 14.8. The van der Waals surface area contributed by atoms with Gasteiger partial charge in [-0.15, -0.1) is 0 Å². The molecule has 0 aliphatic heterocycles. The summed E-state index contributed by atoms with van der Waals surface area (Å²) in [5, 5.41) is 4.77. The highest BCUT2D eigenvalue weighted by Gasteiger charge is 2.24. The average Bonchev–Trinajstić information content (AvgIpc) is 3.30. The number of H-pyrrole nitrogens is 2. The van der Waals surface area contributed by atoms with Crippen molar-refractivity contribution in [1.82, 2.24) is 15.3 Å². The monoisotopic (exact) mass is 375 g/mol. The molecule has 0 saturated heterocycles. The van der Waals surface area contributed by atoms with Crippen molar-refractivity contribution in [3.05, 3.63) is 71.5 Å². The number of carbonyl (C=O) groups is 2. The lowest BCUT2D eigenvalue weighted by atomic mass is 10.0. The van der Waals surface area contributed by atoms with Gasteiger partial charge in [0, 0.05) is 34.4 Å². The van der Waals surface area contributed by atoms with Crippen molar-refractivity contribution in [3.8, 4) is 0 Å². The number of nitrogens with one attached hydrogen (secondary N) is 3. The van der Waals surface area contributed by atoms with E-state index < -0.39 is 12.0 Å². The molecule has 0 aliphatic rings. The molecule has 4 aromatic rings. The molecule has 0 aliphatic carbocycles. The normalized spacial score (nSPS) is 12.2. The van der Waals surface area contributed by atoms with Crippen LogP contribution in [0.2, 0.25) is 0 Å². The summed E-state index contributed by atoms with van der Waals surface area (Å²) in [6.07, 6.45) is 2.19. The van der Waals surface area contributed by atoms with Crippen LogP contribution >= 0.6 is 0 Å². The van der Waals surface area contributed by atoms with Gasteiger partial charge in [-0.3, -0.25) is 4.79 Å². The average molecular weight is 375 g/mol. The molecule has 1 atom stereocenters. The highest BCUT2D eigenvalue weighted by molar-refractivity contribution is 6.00. The topological polar surface area (TPSA) is 87.0 Å². The van der Waals surface area contributed by atoms with Gasteiger partial charge in [-0.1, -0.05) is 30.3 Å². The molecule has 0 spiro atoms. The minimum Gasteiger partial charge on any atom is -0.467 e. The molecule has 0 radical (unpaired) electrons. The molecule has 6 heteroatoms. The second kappa shape index (κ2) is 7.23. The van der Waals surface area contributed by atoms with Gasteiger partial charge < -0.3 is 20.0 Å². The molecule has 1 amide bonds. The number of aryl methyl sites for hydroxylation is 1. The second-order valence-corrected chi connectivity index (χ2v) is 6.89. The van der Waals surface area contributed by atoms with E-state index in [0.29, 0.717) is 12.1 Å². The zero-order valence-corrected chi connectivity index (χ0v) is 15.7. The third kappa shape index (κ3) is 3.36. The predicted octanol–water partition coefficient (Wildman–Crippen LogP) is 3.47. The fourth-order valence-corrected chi connectivity index (χ4v) is 3.46. The van der Waals surface area contributed by atoms with Gasteiger partial charge in [0.15, 0.2) is 0 Å². The summed E-state index contributed by atoms with van der Waals surface area (Å²) in [6.45, 7) is 1.99. The lowest BCUT2D eigenvalue weighted by Crippen LogP contribution is -2.43. The van der Waals surface area contributed by atoms with Crippen molar-refractivity contribution in [2.75, 3.05) is 7.11 Å².